The number of carbonyl (C=O) groups is 5. The number of carbonyl (C=O) groups excluding carboxylic acids is 5. The van der Waals surface area contributed by atoms with Gasteiger partial charge in [-0.15, -0.1) is 0 Å². The maximum atomic E-state index is 12.9. The second-order valence-corrected chi connectivity index (χ2v) is 12.9. The van der Waals surface area contributed by atoms with E-state index in [4.69, 9.17) is 28.8 Å². The fourth-order valence-electron chi connectivity index (χ4n) is 3.26. The molecule has 1 fully saturated rings. The number of thioether (sulfide) groups is 1. The van der Waals surface area contributed by atoms with Gasteiger partial charge in [-0.2, -0.15) is 0 Å². The van der Waals surface area contributed by atoms with E-state index in [2.05, 4.69) is 5.32 Å². The van der Waals surface area contributed by atoms with Gasteiger partial charge in [0, 0.05) is 37.4 Å². The number of phosphoric acid groups is 1. The molecule has 224 valence electrons. The van der Waals surface area contributed by atoms with Crippen LogP contribution in [-0.2, 0) is 46.8 Å². The molecule has 0 bridgehead atoms. The first-order chi connectivity index (χ1) is 18.2. The highest BCUT2D eigenvalue weighted by molar-refractivity contribution is 8.13. The Morgan fingerprint density at radius 3 is 2.41 bits per heavy atom. The summed E-state index contributed by atoms with van der Waals surface area (Å²) in [6.45, 7) is 7.38. The van der Waals surface area contributed by atoms with Crippen LogP contribution < -0.4 is 11.1 Å². The van der Waals surface area contributed by atoms with E-state index in [1.165, 1.54) is 18.7 Å². The number of Topliss-reactive ketones (excluding diaryl/α,β-unsaturated/α-hetero) is 2. The standard InChI is InChI=1S/C24H41N2O11PS/c1-16(2)20(25)22(30)33-12-11-26-23(31)34-15-36-38(32)35-14-24(4,5)21(37-38)19(29)10-6-8-18(28)9-7-13-39-17(3)27/h16,20-21H,6-15,25H2,1-5H3,(H,26,31)/t20-,21-,38?/m0/s1. The van der Waals surface area contributed by atoms with E-state index in [1.807, 2.05) is 0 Å². The predicted molar refractivity (Wildman–Crippen MR) is 143 cm³/mol. The molecule has 39 heavy (non-hydrogen) atoms. The lowest BCUT2D eigenvalue weighted by atomic mass is 9.84. The molecule has 3 N–H and O–H groups in total. The highest BCUT2D eigenvalue weighted by atomic mass is 32.2. The van der Waals surface area contributed by atoms with Crippen LogP contribution in [0.5, 0.6) is 0 Å². The number of ketones is 2. The summed E-state index contributed by atoms with van der Waals surface area (Å²) in [5, 5.41) is 2.33. The van der Waals surface area contributed by atoms with E-state index in [1.54, 1.807) is 27.7 Å². The van der Waals surface area contributed by atoms with Gasteiger partial charge in [0.15, 0.2) is 10.9 Å². The van der Waals surface area contributed by atoms with Crippen molar-refractivity contribution >= 4 is 48.3 Å². The SMILES string of the molecule is CC(=O)SCCCC(=O)CCCC(=O)[C@@H]1OP(=O)(OCOC(=O)NCCOC(=O)[C@@H](N)C(C)C)OCC1(C)C. The molecule has 1 saturated heterocycles. The molecule has 1 rings (SSSR count). The third-order valence-electron chi connectivity index (χ3n) is 5.62. The Kier molecular flexibility index (Phi) is 15.4. The topological polar surface area (TPSA) is 187 Å². The van der Waals surface area contributed by atoms with Gasteiger partial charge in [-0.1, -0.05) is 39.5 Å². The molecular formula is C24H41N2O11PS. The second kappa shape index (κ2) is 17.1. The number of ether oxygens (including phenoxy) is 2. The lowest BCUT2D eigenvalue weighted by Crippen LogP contribution is -2.45. The van der Waals surface area contributed by atoms with E-state index in [9.17, 15) is 28.5 Å². The monoisotopic (exact) mass is 596 g/mol. The zero-order valence-corrected chi connectivity index (χ0v) is 24.9. The van der Waals surface area contributed by atoms with Crippen molar-refractivity contribution in [3.8, 4) is 0 Å². The molecule has 0 saturated carbocycles. The molecule has 0 aromatic heterocycles. The van der Waals surface area contributed by atoms with Crippen molar-refractivity contribution in [2.75, 3.05) is 32.3 Å². The van der Waals surface area contributed by atoms with E-state index in [0.29, 0.717) is 25.0 Å². The molecule has 1 unspecified atom stereocenters. The molecule has 0 spiro atoms. The van der Waals surface area contributed by atoms with Crippen molar-refractivity contribution in [3.63, 3.8) is 0 Å². The number of alkyl carbamates (subject to hydrolysis) is 1. The first kappa shape index (κ1) is 35.2. The number of amides is 1. The van der Waals surface area contributed by atoms with E-state index >= 15 is 0 Å². The van der Waals surface area contributed by atoms with Crippen molar-refractivity contribution < 1.29 is 51.6 Å². The van der Waals surface area contributed by atoms with Gasteiger partial charge in [0.2, 0.25) is 6.79 Å². The highest BCUT2D eigenvalue weighted by Gasteiger charge is 2.48. The molecule has 15 heteroatoms. The zero-order valence-electron chi connectivity index (χ0n) is 23.2. The van der Waals surface area contributed by atoms with Gasteiger partial charge in [-0.05, 0) is 18.8 Å². The van der Waals surface area contributed by atoms with Gasteiger partial charge in [-0.25, -0.2) is 13.9 Å². The number of hydrogen-bond acceptors (Lipinski definition) is 13. The molecule has 0 aromatic carbocycles. The highest BCUT2D eigenvalue weighted by Crippen LogP contribution is 2.57. The van der Waals surface area contributed by atoms with Crippen LogP contribution in [0.1, 0.15) is 66.7 Å². The van der Waals surface area contributed by atoms with E-state index in [0.717, 1.165) is 0 Å². The second-order valence-electron chi connectivity index (χ2n) is 10.0. The van der Waals surface area contributed by atoms with E-state index in [-0.39, 0.29) is 55.2 Å². The number of phosphoric ester groups is 1. The molecule has 1 aliphatic rings. The van der Waals surface area contributed by atoms with Crippen molar-refractivity contribution in [1.82, 2.24) is 5.32 Å². The molecule has 0 radical (unpaired) electrons. The fourth-order valence-corrected chi connectivity index (χ4v) is 5.36. The number of nitrogens with one attached hydrogen (secondary N) is 1. The van der Waals surface area contributed by atoms with Crippen LogP contribution >= 0.6 is 19.6 Å². The number of hydrogen-bond donors (Lipinski definition) is 2. The van der Waals surface area contributed by atoms with Crippen molar-refractivity contribution in [2.24, 2.45) is 17.1 Å². The van der Waals surface area contributed by atoms with Crippen molar-refractivity contribution in [3.05, 3.63) is 0 Å². The quantitative estimate of drug-likeness (QED) is 0.108. The summed E-state index contributed by atoms with van der Waals surface area (Å²) >= 11 is 1.17. The predicted octanol–water partition coefficient (Wildman–Crippen LogP) is 3.13. The average Bonchev–Trinajstić information content (AvgIpc) is 2.85. The van der Waals surface area contributed by atoms with Crippen LogP contribution in [0, 0.1) is 11.3 Å². The van der Waals surface area contributed by atoms with Crippen LogP contribution in [-0.4, -0.2) is 73.2 Å². The maximum Gasteiger partial charge on any atom is 0.478 e. The summed E-state index contributed by atoms with van der Waals surface area (Å²) in [6.07, 6.45) is -0.563. The molecule has 1 aliphatic heterocycles. The summed E-state index contributed by atoms with van der Waals surface area (Å²) in [5.41, 5.74) is 4.85. The summed E-state index contributed by atoms with van der Waals surface area (Å²) < 4.78 is 38.3. The minimum absolute atomic E-state index is 0.000772. The van der Waals surface area contributed by atoms with Crippen LogP contribution in [0.4, 0.5) is 4.79 Å². The third kappa shape index (κ3) is 13.9. The first-order valence-electron chi connectivity index (χ1n) is 12.7. The fraction of sp³-hybridized carbons (Fsp3) is 0.792. The van der Waals surface area contributed by atoms with Crippen LogP contribution in [0.25, 0.3) is 0 Å². The summed E-state index contributed by atoms with van der Waals surface area (Å²) in [5.74, 6) is -0.456. The molecule has 0 aliphatic carbocycles. The largest absolute Gasteiger partial charge is 0.478 e. The van der Waals surface area contributed by atoms with E-state index < -0.39 is 44.2 Å². The van der Waals surface area contributed by atoms with Gasteiger partial charge >= 0.3 is 19.9 Å². The van der Waals surface area contributed by atoms with Crippen LogP contribution in [0.2, 0.25) is 0 Å². The molecular weight excluding hydrogens is 555 g/mol. The Labute approximate surface area is 233 Å². The third-order valence-corrected chi connectivity index (χ3v) is 7.86. The summed E-state index contributed by atoms with van der Waals surface area (Å²) in [6, 6.07) is -0.769. The first-order valence-corrected chi connectivity index (χ1v) is 15.2. The Bertz CT molecular complexity index is 913. The summed E-state index contributed by atoms with van der Waals surface area (Å²) in [7, 11) is -4.21. The van der Waals surface area contributed by atoms with Gasteiger partial charge in [0.1, 0.15) is 24.5 Å². The van der Waals surface area contributed by atoms with Crippen molar-refractivity contribution in [2.45, 2.75) is 78.9 Å². The molecule has 0 aromatic rings. The number of esters is 1. The zero-order chi connectivity index (χ0) is 29.6. The van der Waals surface area contributed by atoms with Gasteiger partial charge in [0.25, 0.3) is 0 Å². The summed E-state index contributed by atoms with van der Waals surface area (Å²) in [4.78, 5) is 59.2. The lowest BCUT2D eigenvalue weighted by Gasteiger charge is -2.39. The molecule has 3 atom stereocenters. The normalized spacial score (nSPS) is 21.2. The average molecular weight is 597 g/mol. The lowest BCUT2D eigenvalue weighted by molar-refractivity contribution is -0.146. The Morgan fingerprint density at radius 1 is 1.10 bits per heavy atom. The Balaban J connectivity index is 2.40. The van der Waals surface area contributed by atoms with Crippen LogP contribution in [0.15, 0.2) is 0 Å². The number of nitrogens with two attached hydrogens (primary N) is 1. The minimum Gasteiger partial charge on any atom is -0.463 e. The Hall–Kier alpha value is -1.83. The molecule has 13 nitrogen and oxygen atoms in total. The van der Waals surface area contributed by atoms with Gasteiger partial charge in [0.05, 0.1) is 13.2 Å². The maximum absolute atomic E-state index is 12.9. The Morgan fingerprint density at radius 2 is 1.77 bits per heavy atom. The minimum atomic E-state index is -4.21. The van der Waals surface area contributed by atoms with Crippen LogP contribution in [0.3, 0.4) is 0 Å². The smallest absolute Gasteiger partial charge is 0.463 e. The van der Waals surface area contributed by atoms with Gasteiger partial charge < -0.3 is 20.5 Å². The molecule has 1 heterocycles. The molecule has 1 amide bonds. The van der Waals surface area contributed by atoms with Crippen molar-refractivity contribution in [1.29, 1.82) is 0 Å². The van der Waals surface area contributed by atoms with Gasteiger partial charge in [-0.3, -0.25) is 28.2 Å². The number of rotatable bonds is 17.